The first-order chi connectivity index (χ1) is 14.1. The number of ether oxygens (including phenoxy) is 2. The highest BCUT2D eigenvalue weighted by atomic mass is 16.5. The van der Waals surface area contributed by atoms with Gasteiger partial charge in [0.25, 0.3) is 5.91 Å². The number of methoxy groups -OCH3 is 1. The van der Waals surface area contributed by atoms with Gasteiger partial charge in [-0.15, -0.1) is 0 Å². The Morgan fingerprint density at radius 3 is 2.24 bits per heavy atom. The van der Waals surface area contributed by atoms with Crippen LogP contribution in [0.3, 0.4) is 0 Å². The summed E-state index contributed by atoms with van der Waals surface area (Å²) in [4.78, 5) is 24.0. The van der Waals surface area contributed by atoms with Gasteiger partial charge in [-0.25, -0.2) is 4.79 Å². The minimum absolute atomic E-state index is 0.310. The summed E-state index contributed by atoms with van der Waals surface area (Å²) in [6.45, 7) is -0.397. The molecule has 0 aromatic heterocycles. The Morgan fingerprint density at radius 1 is 0.862 bits per heavy atom. The zero-order chi connectivity index (χ0) is 20.5. The second-order valence-corrected chi connectivity index (χ2v) is 5.94. The number of hydrogen-bond acceptors (Lipinski definition) is 6. The van der Waals surface area contributed by atoms with Crippen molar-refractivity contribution in [1.29, 1.82) is 0 Å². The number of nitrogens with one attached hydrogen (secondary N) is 1. The maximum Gasteiger partial charge on any atom is 0.338 e. The van der Waals surface area contributed by atoms with E-state index in [1.54, 1.807) is 48.5 Å². The van der Waals surface area contributed by atoms with Gasteiger partial charge in [-0.3, -0.25) is 4.79 Å². The number of amides is 1. The second kappa shape index (κ2) is 9.80. The molecular formula is C22H19N3O4. The van der Waals surface area contributed by atoms with Crippen LogP contribution in [0.2, 0.25) is 0 Å². The van der Waals surface area contributed by atoms with Gasteiger partial charge in [0.15, 0.2) is 6.61 Å². The van der Waals surface area contributed by atoms with E-state index >= 15 is 0 Å². The number of anilines is 1. The molecular weight excluding hydrogens is 370 g/mol. The Hall–Kier alpha value is -4.00. The molecule has 3 rings (SSSR count). The van der Waals surface area contributed by atoms with Crippen molar-refractivity contribution in [2.24, 2.45) is 10.2 Å². The highest BCUT2D eigenvalue weighted by molar-refractivity contribution is 5.95. The fourth-order valence-electron chi connectivity index (χ4n) is 2.38. The summed E-state index contributed by atoms with van der Waals surface area (Å²) in [5, 5.41) is 10.9. The molecule has 3 aromatic rings. The number of esters is 1. The molecule has 0 saturated heterocycles. The summed E-state index contributed by atoms with van der Waals surface area (Å²) in [6.07, 6.45) is 0. The lowest BCUT2D eigenvalue weighted by atomic mass is 10.2. The number of nitrogens with zero attached hydrogens (tertiary/aromatic N) is 2. The number of rotatable bonds is 7. The zero-order valence-electron chi connectivity index (χ0n) is 15.7. The van der Waals surface area contributed by atoms with Crippen LogP contribution < -0.4 is 10.1 Å². The number of carbonyl (C=O) groups is 2. The standard InChI is InChI=1S/C22H19N3O4/c1-28-20-9-5-6-16(14-20)22(27)29-15-21(26)23-17-10-12-19(13-11-17)25-24-18-7-3-2-4-8-18/h2-14H,15H2,1H3,(H,23,26). The summed E-state index contributed by atoms with van der Waals surface area (Å²) < 4.78 is 10.1. The quantitative estimate of drug-likeness (QED) is 0.459. The van der Waals surface area contributed by atoms with E-state index in [9.17, 15) is 9.59 Å². The van der Waals surface area contributed by atoms with Gasteiger partial charge in [0, 0.05) is 5.69 Å². The summed E-state index contributed by atoms with van der Waals surface area (Å²) in [5.41, 5.74) is 2.27. The van der Waals surface area contributed by atoms with Crippen LogP contribution in [-0.4, -0.2) is 25.6 Å². The molecule has 0 heterocycles. The van der Waals surface area contributed by atoms with Gasteiger partial charge in [-0.1, -0.05) is 24.3 Å². The van der Waals surface area contributed by atoms with Gasteiger partial charge in [0.05, 0.1) is 24.0 Å². The summed E-state index contributed by atoms with van der Waals surface area (Å²) in [6, 6.07) is 22.7. The number of carbonyl (C=O) groups excluding carboxylic acids is 2. The zero-order valence-corrected chi connectivity index (χ0v) is 15.7. The lowest BCUT2D eigenvalue weighted by Gasteiger charge is -2.07. The highest BCUT2D eigenvalue weighted by Crippen LogP contribution is 2.20. The molecule has 0 fully saturated rings. The predicted molar refractivity (Wildman–Crippen MR) is 109 cm³/mol. The van der Waals surface area contributed by atoms with E-state index in [0.29, 0.717) is 22.7 Å². The highest BCUT2D eigenvalue weighted by Gasteiger charge is 2.11. The van der Waals surface area contributed by atoms with Gasteiger partial charge < -0.3 is 14.8 Å². The van der Waals surface area contributed by atoms with Crippen LogP contribution in [0.1, 0.15) is 10.4 Å². The Balaban J connectivity index is 1.50. The van der Waals surface area contributed by atoms with E-state index in [2.05, 4.69) is 15.5 Å². The molecule has 7 nitrogen and oxygen atoms in total. The lowest BCUT2D eigenvalue weighted by Crippen LogP contribution is -2.20. The first kappa shape index (κ1) is 19.8. The van der Waals surface area contributed by atoms with Gasteiger partial charge in [0.1, 0.15) is 5.75 Å². The largest absolute Gasteiger partial charge is 0.497 e. The van der Waals surface area contributed by atoms with Crippen molar-refractivity contribution in [2.75, 3.05) is 19.0 Å². The van der Waals surface area contributed by atoms with E-state index in [4.69, 9.17) is 9.47 Å². The monoisotopic (exact) mass is 389 g/mol. The summed E-state index contributed by atoms with van der Waals surface area (Å²) in [5.74, 6) is -0.510. The third-order valence-corrected chi connectivity index (χ3v) is 3.83. The van der Waals surface area contributed by atoms with Crippen molar-refractivity contribution in [3.8, 4) is 5.75 Å². The van der Waals surface area contributed by atoms with E-state index in [1.165, 1.54) is 7.11 Å². The molecule has 146 valence electrons. The van der Waals surface area contributed by atoms with Crippen LogP contribution in [0, 0.1) is 0 Å². The Morgan fingerprint density at radius 2 is 1.55 bits per heavy atom. The van der Waals surface area contributed by atoms with Gasteiger partial charge in [0.2, 0.25) is 0 Å². The molecule has 0 atom stereocenters. The molecule has 7 heteroatoms. The van der Waals surface area contributed by atoms with Crippen LogP contribution in [0.15, 0.2) is 89.1 Å². The average Bonchev–Trinajstić information content (AvgIpc) is 2.77. The van der Waals surface area contributed by atoms with E-state index in [-0.39, 0.29) is 0 Å². The molecule has 0 aliphatic heterocycles. The minimum atomic E-state index is -0.601. The van der Waals surface area contributed by atoms with Crippen LogP contribution >= 0.6 is 0 Å². The lowest BCUT2D eigenvalue weighted by molar-refractivity contribution is -0.119. The molecule has 0 bridgehead atoms. The van der Waals surface area contributed by atoms with Gasteiger partial charge in [-0.2, -0.15) is 10.2 Å². The normalized spacial score (nSPS) is 10.5. The Kier molecular flexibility index (Phi) is 6.67. The number of benzene rings is 3. The average molecular weight is 389 g/mol. The van der Waals surface area contributed by atoms with Gasteiger partial charge >= 0.3 is 5.97 Å². The second-order valence-electron chi connectivity index (χ2n) is 5.94. The first-order valence-electron chi connectivity index (χ1n) is 8.82. The molecule has 29 heavy (non-hydrogen) atoms. The molecule has 1 amide bonds. The topological polar surface area (TPSA) is 89.3 Å². The van der Waals surface area contributed by atoms with Gasteiger partial charge in [-0.05, 0) is 54.6 Å². The van der Waals surface area contributed by atoms with E-state index in [1.807, 2.05) is 30.3 Å². The van der Waals surface area contributed by atoms with Crippen LogP contribution in [0.4, 0.5) is 17.1 Å². The number of hydrogen-bond donors (Lipinski definition) is 1. The van der Waals surface area contributed by atoms with Crippen molar-refractivity contribution >= 4 is 28.9 Å². The Labute approximate surface area is 168 Å². The third kappa shape index (κ3) is 6.00. The molecule has 0 spiro atoms. The van der Waals surface area contributed by atoms with Crippen LogP contribution in [0.5, 0.6) is 5.75 Å². The van der Waals surface area contributed by atoms with E-state index < -0.39 is 18.5 Å². The van der Waals surface area contributed by atoms with Crippen LogP contribution in [0.25, 0.3) is 0 Å². The fourth-order valence-corrected chi connectivity index (χ4v) is 2.38. The molecule has 0 unspecified atom stereocenters. The first-order valence-corrected chi connectivity index (χ1v) is 8.82. The van der Waals surface area contributed by atoms with Crippen molar-refractivity contribution < 1.29 is 19.1 Å². The van der Waals surface area contributed by atoms with Crippen molar-refractivity contribution in [3.05, 3.63) is 84.4 Å². The predicted octanol–water partition coefficient (Wildman–Crippen LogP) is 4.91. The van der Waals surface area contributed by atoms with Crippen molar-refractivity contribution in [1.82, 2.24) is 0 Å². The van der Waals surface area contributed by atoms with Crippen molar-refractivity contribution in [2.45, 2.75) is 0 Å². The van der Waals surface area contributed by atoms with E-state index in [0.717, 1.165) is 5.69 Å². The van der Waals surface area contributed by atoms with Crippen LogP contribution in [-0.2, 0) is 9.53 Å². The third-order valence-electron chi connectivity index (χ3n) is 3.83. The summed E-state index contributed by atoms with van der Waals surface area (Å²) in [7, 11) is 1.51. The molecule has 0 aliphatic rings. The molecule has 1 N–H and O–H groups in total. The molecule has 3 aromatic carbocycles. The molecule has 0 aliphatic carbocycles. The smallest absolute Gasteiger partial charge is 0.338 e. The molecule has 0 radical (unpaired) electrons. The molecule has 0 saturated carbocycles. The van der Waals surface area contributed by atoms with Crippen molar-refractivity contribution in [3.63, 3.8) is 0 Å². The summed E-state index contributed by atoms with van der Waals surface area (Å²) >= 11 is 0. The number of azo groups is 1. The maximum absolute atomic E-state index is 12.0. The maximum atomic E-state index is 12.0. The minimum Gasteiger partial charge on any atom is -0.497 e. The Bertz CT molecular complexity index is 1000. The fraction of sp³-hybridized carbons (Fsp3) is 0.0909. The SMILES string of the molecule is COc1cccc(C(=O)OCC(=O)Nc2ccc(N=Nc3ccccc3)cc2)c1.